The predicted molar refractivity (Wildman–Crippen MR) is 72.3 cm³/mol. The van der Waals surface area contributed by atoms with Gasteiger partial charge in [0.2, 0.25) is 0 Å². The summed E-state index contributed by atoms with van der Waals surface area (Å²) in [4.78, 5) is 21.2. The summed E-state index contributed by atoms with van der Waals surface area (Å²) in [6, 6.07) is 9.11. The highest BCUT2D eigenvalue weighted by Gasteiger charge is 2.07. The van der Waals surface area contributed by atoms with Crippen LogP contribution in [0.25, 0.3) is 0 Å². The van der Waals surface area contributed by atoms with Gasteiger partial charge >= 0.3 is 5.97 Å². The first-order chi connectivity index (χ1) is 9.06. The Bertz CT molecular complexity index is 581. The van der Waals surface area contributed by atoms with Crippen LogP contribution in [-0.2, 0) is 6.54 Å². The zero-order valence-electron chi connectivity index (χ0n) is 10.9. The Kier molecular flexibility index (Phi) is 3.75. The molecule has 1 N–H and O–H groups in total. The average Bonchev–Trinajstić information content (AvgIpc) is 2.39. The van der Waals surface area contributed by atoms with Gasteiger partial charge in [-0.15, -0.1) is 0 Å². The van der Waals surface area contributed by atoms with Crippen LogP contribution < -0.4 is 4.90 Å². The Hall–Kier alpha value is -2.43. The van der Waals surface area contributed by atoms with Crippen LogP contribution in [0.4, 0.5) is 5.82 Å². The van der Waals surface area contributed by atoms with E-state index in [0.29, 0.717) is 12.4 Å². The van der Waals surface area contributed by atoms with Crippen molar-refractivity contribution in [3.05, 3.63) is 53.5 Å². The Labute approximate surface area is 111 Å². The van der Waals surface area contributed by atoms with Gasteiger partial charge in [-0.05, 0) is 31.2 Å². The zero-order valence-corrected chi connectivity index (χ0v) is 10.9. The molecule has 0 amide bonds. The van der Waals surface area contributed by atoms with Crippen LogP contribution >= 0.6 is 0 Å². The third-order valence-corrected chi connectivity index (χ3v) is 2.73. The lowest BCUT2D eigenvalue weighted by Gasteiger charge is -2.17. The molecule has 0 atom stereocenters. The van der Waals surface area contributed by atoms with Gasteiger partial charge in [0, 0.05) is 18.9 Å². The molecule has 2 aromatic rings. The largest absolute Gasteiger partial charge is 0.478 e. The molecule has 5 heteroatoms. The summed E-state index contributed by atoms with van der Waals surface area (Å²) in [5.41, 5.74) is 2.11. The van der Waals surface area contributed by atoms with Crippen LogP contribution in [0.5, 0.6) is 0 Å². The van der Waals surface area contributed by atoms with Crippen LogP contribution in [0.1, 0.15) is 21.7 Å². The maximum absolute atomic E-state index is 10.7. The Morgan fingerprint density at radius 2 is 2.11 bits per heavy atom. The van der Waals surface area contributed by atoms with Crippen molar-refractivity contribution in [2.24, 2.45) is 0 Å². The van der Waals surface area contributed by atoms with E-state index in [4.69, 9.17) is 5.11 Å². The van der Waals surface area contributed by atoms with Gasteiger partial charge in [-0.3, -0.25) is 4.98 Å². The highest BCUT2D eigenvalue weighted by Crippen LogP contribution is 2.12. The minimum Gasteiger partial charge on any atom is -0.478 e. The van der Waals surface area contributed by atoms with Crippen LogP contribution in [0.3, 0.4) is 0 Å². The Morgan fingerprint density at radius 3 is 2.68 bits per heavy atom. The molecule has 0 saturated carbocycles. The molecule has 0 radical (unpaired) electrons. The van der Waals surface area contributed by atoms with E-state index in [1.54, 1.807) is 12.1 Å². The summed E-state index contributed by atoms with van der Waals surface area (Å²) in [6.07, 6.45) is 1.36. The number of rotatable bonds is 4. The van der Waals surface area contributed by atoms with E-state index >= 15 is 0 Å². The minimum atomic E-state index is -0.970. The third kappa shape index (κ3) is 3.28. The molecule has 98 valence electrons. The van der Waals surface area contributed by atoms with Crippen LogP contribution in [0.15, 0.2) is 36.5 Å². The third-order valence-electron chi connectivity index (χ3n) is 2.73. The van der Waals surface area contributed by atoms with Crippen LogP contribution in [0.2, 0.25) is 0 Å². The van der Waals surface area contributed by atoms with E-state index in [0.717, 1.165) is 11.4 Å². The summed E-state index contributed by atoms with van der Waals surface area (Å²) >= 11 is 0. The first kappa shape index (κ1) is 13.0. The van der Waals surface area contributed by atoms with Gasteiger partial charge < -0.3 is 10.0 Å². The number of pyridine rings is 2. The van der Waals surface area contributed by atoms with E-state index in [1.165, 1.54) is 6.20 Å². The summed E-state index contributed by atoms with van der Waals surface area (Å²) in [5.74, 6) is -0.254. The van der Waals surface area contributed by atoms with Gasteiger partial charge in [0.1, 0.15) is 5.82 Å². The standard InChI is InChI=1S/C14H15N3O2/c1-10-4-3-5-12(16-10)9-17(2)13-7-6-11(8-15-13)14(18)19/h3-8H,9H2,1-2H3,(H,18,19). The molecule has 0 fully saturated rings. The number of carboxylic acids is 1. The van der Waals surface area contributed by atoms with Crippen molar-refractivity contribution in [3.8, 4) is 0 Å². The predicted octanol–water partition coefficient (Wildman–Crippen LogP) is 2.12. The van der Waals surface area contributed by atoms with Crippen LogP contribution in [0, 0.1) is 6.92 Å². The lowest BCUT2D eigenvalue weighted by Crippen LogP contribution is -2.18. The smallest absolute Gasteiger partial charge is 0.337 e. The van der Waals surface area contributed by atoms with E-state index in [1.807, 2.05) is 37.1 Å². The van der Waals surface area contributed by atoms with Gasteiger partial charge in [-0.1, -0.05) is 6.07 Å². The number of anilines is 1. The fraction of sp³-hybridized carbons (Fsp3) is 0.214. The Morgan fingerprint density at radius 1 is 1.32 bits per heavy atom. The molecule has 5 nitrogen and oxygen atoms in total. The van der Waals surface area contributed by atoms with Crippen molar-refractivity contribution in [1.82, 2.24) is 9.97 Å². The van der Waals surface area contributed by atoms with Crippen molar-refractivity contribution in [1.29, 1.82) is 0 Å². The maximum atomic E-state index is 10.7. The average molecular weight is 257 g/mol. The van der Waals surface area contributed by atoms with Gasteiger partial charge in [-0.2, -0.15) is 0 Å². The molecule has 0 spiro atoms. The number of hydrogen-bond donors (Lipinski definition) is 1. The molecule has 0 aromatic carbocycles. The summed E-state index contributed by atoms with van der Waals surface area (Å²) in [5, 5.41) is 8.82. The molecular formula is C14H15N3O2. The summed E-state index contributed by atoms with van der Waals surface area (Å²) in [6.45, 7) is 2.57. The molecule has 2 heterocycles. The van der Waals surface area contributed by atoms with Crippen molar-refractivity contribution in [2.75, 3.05) is 11.9 Å². The Balaban J connectivity index is 2.11. The summed E-state index contributed by atoms with van der Waals surface area (Å²) < 4.78 is 0. The summed E-state index contributed by atoms with van der Waals surface area (Å²) in [7, 11) is 1.90. The number of aromatic nitrogens is 2. The molecule has 0 aliphatic heterocycles. The first-order valence-corrected chi connectivity index (χ1v) is 5.89. The molecule has 0 unspecified atom stereocenters. The number of carbonyl (C=O) groups is 1. The number of carboxylic acid groups (broad SMARTS) is 1. The quantitative estimate of drug-likeness (QED) is 0.908. The van der Waals surface area contributed by atoms with Crippen molar-refractivity contribution < 1.29 is 9.90 Å². The normalized spacial score (nSPS) is 10.2. The van der Waals surface area contributed by atoms with Gasteiger partial charge in [0.15, 0.2) is 0 Å². The number of nitrogens with zero attached hydrogens (tertiary/aromatic N) is 3. The van der Waals surface area contributed by atoms with Crippen LogP contribution in [-0.4, -0.2) is 28.1 Å². The molecule has 0 bridgehead atoms. The molecule has 2 aromatic heterocycles. The molecule has 2 rings (SSSR count). The number of hydrogen-bond acceptors (Lipinski definition) is 4. The van der Waals surface area contributed by atoms with Crippen molar-refractivity contribution >= 4 is 11.8 Å². The molecule has 0 aliphatic rings. The maximum Gasteiger partial charge on any atom is 0.337 e. The monoisotopic (exact) mass is 257 g/mol. The molecule has 0 aliphatic carbocycles. The molecule has 0 saturated heterocycles. The second-order valence-corrected chi connectivity index (χ2v) is 4.34. The van der Waals surface area contributed by atoms with E-state index in [2.05, 4.69) is 9.97 Å². The van der Waals surface area contributed by atoms with E-state index < -0.39 is 5.97 Å². The second-order valence-electron chi connectivity index (χ2n) is 4.34. The number of aryl methyl sites for hydroxylation is 1. The first-order valence-electron chi connectivity index (χ1n) is 5.89. The van der Waals surface area contributed by atoms with Gasteiger partial charge in [0.25, 0.3) is 0 Å². The lowest BCUT2D eigenvalue weighted by atomic mass is 10.2. The molecular weight excluding hydrogens is 242 g/mol. The van der Waals surface area contributed by atoms with Crippen molar-refractivity contribution in [3.63, 3.8) is 0 Å². The van der Waals surface area contributed by atoms with E-state index in [-0.39, 0.29) is 5.56 Å². The fourth-order valence-corrected chi connectivity index (χ4v) is 1.75. The molecule has 19 heavy (non-hydrogen) atoms. The lowest BCUT2D eigenvalue weighted by molar-refractivity contribution is 0.0696. The SMILES string of the molecule is Cc1cccc(CN(C)c2ccc(C(=O)O)cn2)n1. The minimum absolute atomic E-state index is 0.186. The second kappa shape index (κ2) is 5.48. The van der Waals surface area contributed by atoms with Gasteiger partial charge in [0.05, 0.1) is 17.8 Å². The van der Waals surface area contributed by atoms with Crippen molar-refractivity contribution in [2.45, 2.75) is 13.5 Å². The highest BCUT2D eigenvalue weighted by atomic mass is 16.4. The zero-order chi connectivity index (χ0) is 13.8. The topological polar surface area (TPSA) is 66.3 Å². The highest BCUT2D eigenvalue weighted by molar-refractivity contribution is 5.87. The van der Waals surface area contributed by atoms with E-state index in [9.17, 15) is 4.79 Å². The fourth-order valence-electron chi connectivity index (χ4n) is 1.75. The van der Waals surface area contributed by atoms with Gasteiger partial charge in [-0.25, -0.2) is 9.78 Å². The number of aromatic carboxylic acids is 1.